The van der Waals surface area contributed by atoms with Gasteiger partial charge in [0.05, 0.1) is 22.6 Å². The third-order valence-electron chi connectivity index (χ3n) is 6.96. The maximum absolute atomic E-state index is 13.0. The first-order chi connectivity index (χ1) is 15.6. The lowest BCUT2D eigenvalue weighted by Gasteiger charge is -2.27. The summed E-state index contributed by atoms with van der Waals surface area (Å²) < 4.78 is 3.95. The van der Waals surface area contributed by atoms with Crippen LogP contribution in [0.4, 0.5) is 0 Å². The topological polar surface area (TPSA) is 56.0 Å². The van der Waals surface area contributed by atoms with Crippen molar-refractivity contribution in [1.82, 2.24) is 24.2 Å². The van der Waals surface area contributed by atoms with E-state index in [0.29, 0.717) is 11.6 Å². The van der Waals surface area contributed by atoms with Crippen LogP contribution in [0.15, 0.2) is 60.0 Å². The highest BCUT2D eigenvalue weighted by atomic mass is 16.1. The highest BCUT2D eigenvalue weighted by Gasteiger charge is 2.32. The number of aryl methyl sites for hydroxylation is 1. The van der Waals surface area contributed by atoms with Crippen molar-refractivity contribution in [3.8, 4) is 16.9 Å². The van der Waals surface area contributed by atoms with Gasteiger partial charge in [-0.2, -0.15) is 10.2 Å². The Morgan fingerprint density at radius 2 is 1.91 bits per heavy atom. The molecule has 3 aromatic heterocycles. The van der Waals surface area contributed by atoms with E-state index in [4.69, 9.17) is 0 Å². The molecule has 3 aliphatic rings. The maximum Gasteiger partial charge on any atom is 0.255 e. The van der Waals surface area contributed by atoms with E-state index in [0.717, 1.165) is 29.0 Å². The smallest absolute Gasteiger partial charge is 0.255 e. The fourth-order valence-corrected chi connectivity index (χ4v) is 5.34. The maximum atomic E-state index is 13.0. The third-order valence-corrected chi connectivity index (χ3v) is 6.96. The molecule has 32 heavy (non-hydrogen) atoms. The Kier molecular flexibility index (Phi) is 4.36. The molecule has 1 fully saturated rings. The Morgan fingerprint density at radius 3 is 2.62 bits per heavy atom. The minimum Gasteiger partial charge on any atom is -0.320 e. The van der Waals surface area contributed by atoms with Crippen LogP contribution >= 0.6 is 0 Å². The van der Waals surface area contributed by atoms with E-state index < -0.39 is 0 Å². The average Bonchev–Trinajstić information content (AvgIpc) is 2.91. The van der Waals surface area contributed by atoms with Crippen LogP contribution in [-0.2, 0) is 6.54 Å². The van der Waals surface area contributed by atoms with E-state index >= 15 is 0 Å². The molecule has 1 aromatic carbocycles. The van der Waals surface area contributed by atoms with Crippen LogP contribution in [0.2, 0.25) is 0 Å². The Bertz CT molecular complexity index is 1400. The zero-order valence-electron chi connectivity index (χ0n) is 18.2. The molecule has 0 saturated carbocycles. The highest BCUT2D eigenvalue weighted by Crippen LogP contribution is 2.41. The van der Waals surface area contributed by atoms with Gasteiger partial charge in [0.2, 0.25) is 0 Å². The van der Waals surface area contributed by atoms with Crippen molar-refractivity contribution in [2.75, 3.05) is 13.1 Å². The van der Waals surface area contributed by atoms with Gasteiger partial charge in [-0.25, -0.2) is 0 Å². The molecule has 4 aromatic rings. The molecule has 0 radical (unpaired) electrons. The lowest BCUT2D eigenvalue weighted by atomic mass is 9.94. The summed E-state index contributed by atoms with van der Waals surface area (Å²) in [5, 5.41) is 9.57. The van der Waals surface area contributed by atoms with Gasteiger partial charge in [-0.05, 0) is 68.8 Å². The number of piperidine rings is 1. The van der Waals surface area contributed by atoms with Gasteiger partial charge in [0.15, 0.2) is 0 Å². The number of hydrogen-bond donors (Lipinski definition) is 0. The summed E-state index contributed by atoms with van der Waals surface area (Å²) in [5.41, 5.74) is 7.04. The van der Waals surface area contributed by atoms with Crippen LogP contribution in [-0.4, -0.2) is 37.3 Å². The van der Waals surface area contributed by atoms with Crippen molar-refractivity contribution in [1.29, 1.82) is 0 Å². The predicted molar refractivity (Wildman–Crippen MR) is 127 cm³/mol. The van der Waals surface area contributed by atoms with Crippen molar-refractivity contribution in [3.63, 3.8) is 0 Å². The number of fused-ring (bicyclic) bond motifs is 3. The normalized spacial score (nSPS) is 19.7. The van der Waals surface area contributed by atoms with Crippen molar-refractivity contribution >= 4 is 17.1 Å². The van der Waals surface area contributed by atoms with E-state index in [2.05, 4.69) is 38.4 Å². The van der Waals surface area contributed by atoms with Crippen LogP contribution in [0, 0.1) is 6.92 Å². The summed E-state index contributed by atoms with van der Waals surface area (Å²) in [6, 6.07) is 13.7. The van der Waals surface area contributed by atoms with Crippen LogP contribution in [0.25, 0.3) is 34.0 Å². The fraction of sp³-hybridized carbons (Fsp3) is 0.269. The number of benzene rings is 1. The lowest BCUT2D eigenvalue weighted by molar-refractivity contribution is 0.220. The molecule has 6 heterocycles. The fourth-order valence-electron chi connectivity index (χ4n) is 5.34. The Hall–Kier alpha value is -3.51. The second-order valence-corrected chi connectivity index (χ2v) is 8.85. The number of nitrogens with zero attached hydrogens (tertiary/aromatic N) is 5. The molecule has 7 rings (SSSR count). The third kappa shape index (κ3) is 2.94. The first kappa shape index (κ1) is 19.2. The van der Waals surface area contributed by atoms with Gasteiger partial charge in [-0.15, -0.1) is 0 Å². The highest BCUT2D eigenvalue weighted by molar-refractivity contribution is 5.89. The Morgan fingerprint density at radius 1 is 1.06 bits per heavy atom. The molecule has 0 unspecified atom stereocenters. The van der Waals surface area contributed by atoms with E-state index in [-0.39, 0.29) is 5.56 Å². The zero-order chi connectivity index (χ0) is 21.8. The Balaban J connectivity index is 1.46. The van der Waals surface area contributed by atoms with Crippen molar-refractivity contribution in [3.05, 3.63) is 82.5 Å². The summed E-state index contributed by atoms with van der Waals surface area (Å²) in [7, 11) is 0. The molecule has 6 nitrogen and oxygen atoms in total. The van der Waals surface area contributed by atoms with E-state index in [1.165, 1.54) is 42.6 Å². The van der Waals surface area contributed by atoms with Crippen LogP contribution < -0.4 is 5.56 Å². The number of pyridine rings is 1. The minimum absolute atomic E-state index is 0.0901. The average molecular weight is 424 g/mol. The van der Waals surface area contributed by atoms with E-state index in [9.17, 15) is 4.79 Å². The van der Waals surface area contributed by atoms with Crippen molar-refractivity contribution in [2.45, 2.75) is 32.2 Å². The second-order valence-electron chi connectivity index (χ2n) is 8.85. The Labute approximate surface area is 186 Å². The van der Waals surface area contributed by atoms with Gasteiger partial charge in [0.25, 0.3) is 5.56 Å². The molecule has 0 aliphatic carbocycles. The molecule has 0 N–H and O–H groups in total. The van der Waals surface area contributed by atoms with E-state index in [1.54, 1.807) is 10.6 Å². The summed E-state index contributed by atoms with van der Waals surface area (Å²) in [4.78, 5) is 15.6. The van der Waals surface area contributed by atoms with Crippen LogP contribution in [0.1, 0.15) is 35.7 Å². The number of aromatic nitrogens is 4. The predicted octanol–water partition coefficient (Wildman–Crippen LogP) is 4.35. The van der Waals surface area contributed by atoms with Crippen LogP contribution in [0.3, 0.4) is 0 Å². The summed E-state index contributed by atoms with van der Waals surface area (Å²) >= 11 is 0. The second kappa shape index (κ2) is 7.28. The molecule has 0 atom stereocenters. The quantitative estimate of drug-likeness (QED) is 0.492. The van der Waals surface area contributed by atoms with Crippen LogP contribution in [0.5, 0.6) is 0 Å². The van der Waals surface area contributed by atoms with Gasteiger partial charge in [0.1, 0.15) is 0 Å². The first-order valence-electron chi connectivity index (χ1n) is 11.2. The molecule has 160 valence electrons. The zero-order valence-corrected chi connectivity index (χ0v) is 18.2. The lowest BCUT2D eigenvalue weighted by Crippen LogP contribution is -2.29. The molecule has 0 amide bonds. The SMILES string of the molecule is C=Cn1c2c(c3ccc(-n4ccc(-c5ccc(C)nn5)cc4=O)cc31)CN1CCC2CC1. The molecule has 2 bridgehead atoms. The molecular formula is C26H25N5O. The minimum atomic E-state index is -0.0901. The molecule has 3 aliphatic heterocycles. The van der Waals surface area contributed by atoms with Gasteiger partial charge in [0, 0.05) is 47.6 Å². The van der Waals surface area contributed by atoms with Gasteiger partial charge in [-0.1, -0.05) is 12.6 Å². The van der Waals surface area contributed by atoms with E-state index in [1.807, 2.05) is 43.6 Å². The van der Waals surface area contributed by atoms with Gasteiger partial charge < -0.3 is 4.57 Å². The van der Waals surface area contributed by atoms with Crippen molar-refractivity contribution in [2.24, 2.45) is 0 Å². The first-order valence-corrected chi connectivity index (χ1v) is 11.2. The number of hydrogen-bond acceptors (Lipinski definition) is 4. The molecule has 6 heteroatoms. The molecule has 0 spiro atoms. The summed E-state index contributed by atoms with van der Waals surface area (Å²) in [6.07, 6.45) is 6.15. The molecular weight excluding hydrogens is 398 g/mol. The largest absolute Gasteiger partial charge is 0.320 e. The standard InChI is InChI=1S/C26H25N5O/c1-3-30-24-15-20(5-6-21(24)22-16-29-11-8-18(9-12-29)26(22)30)31-13-10-19(14-25(31)32)23-7-4-17(2)27-28-23/h3-7,10,13-15,18H,1,8-9,11-12,16H2,2H3. The van der Waals surface area contributed by atoms with Gasteiger partial charge >= 0.3 is 0 Å². The van der Waals surface area contributed by atoms with Crippen molar-refractivity contribution < 1.29 is 0 Å². The summed E-state index contributed by atoms with van der Waals surface area (Å²) in [5.74, 6) is 0.579. The summed E-state index contributed by atoms with van der Waals surface area (Å²) in [6.45, 7) is 9.34. The monoisotopic (exact) mass is 423 g/mol. The van der Waals surface area contributed by atoms with Gasteiger partial charge in [-0.3, -0.25) is 14.3 Å². The number of rotatable bonds is 3. The molecule has 1 saturated heterocycles.